The molecule has 2 aliphatic heterocycles. The molecule has 1 aromatic rings. The molecule has 1 saturated heterocycles. The van der Waals surface area contributed by atoms with E-state index in [2.05, 4.69) is 5.32 Å². The van der Waals surface area contributed by atoms with E-state index >= 15 is 0 Å². The van der Waals surface area contributed by atoms with Crippen molar-refractivity contribution in [3.63, 3.8) is 0 Å². The number of aliphatic hydroxyl groups excluding tert-OH is 1. The second kappa shape index (κ2) is 11.5. The first-order valence-electron chi connectivity index (χ1n) is 13.2. The van der Waals surface area contributed by atoms with Gasteiger partial charge in [0.2, 0.25) is 22.1 Å². The highest BCUT2D eigenvalue weighted by atomic mass is 32.2. The molecule has 11 heteroatoms. The van der Waals surface area contributed by atoms with Gasteiger partial charge in [0.1, 0.15) is 5.84 Å². The van der Waals surface area contributed by atoms with Gasteiger partial charge in [-0.1, -0.05) is 44.7 Å². The minimum atomic E-state index is -3.30. The van der Waals surface area contributed by atoms with Crippen LogP contribution in [-0.4, -0.2) is 92.1 Å². The quantitative estimate of drug-likeness (QED) is 0.495. The Hall–Kier alpha value is -2.50. The van der Waals surface area contributed by atoms with Gasteiger partial charge in [0.05, 0.1) is 24.0 Å². The standard InChI is InChI=1S/C26H39N5O5S/c1-4-5-10-22(32)20(17-18-11-12-18)25(33)28-23-26(34)29(2)21-9-7-6-8-19(21)24(27-23)30-13-15-31(16-14-30)37(3,35)36/h6-9,18,20,22-23,32H,4-5,10-17H2,1-3H3,(H,28,33)/t20?,22?,23-/m1/s1. The van der Waals surface area contributed by atoms with Crippen LogP contribution in [-0.2, 0) is 19.6 Å². The number of likely N-dealkylation sites (N-methyl/N-ethyl adjacent to an activating group) is 1. The molecule has 204 valence electrons. The minimum Gasteiger partial charge on any atom is -0.392 e. The number of amidine groups is 1. The Morgan fingerprint density at radius 3 is 2.49 bits per heavy atom. The molecule has 3 aliphatic rings. The summed E-state index contributed by atoms with van der Waals surface area (Å²) in [6.45, 7) is 3.51. The van der Waals surface area contributed by atoms with Crippen molar-refractivity contribution >= 4 is 33.4 Å². The summed E-state index contributed by atoms with van der Waals surface area (Å²) < 4.78 is 25.4. The summed E-state index contributed by atoms with van der Waals surface area (Å²) in [7, 11) is -1.63. The maximum absolute atomic E-state index is 13.5. The predicted molar refractivity (Wildman–Crippen MR) is 143 cm³/mol. The summed E-state index contributed by atoms with van der Waals surface area (Å²) in [5, 5.41) is 13.7. The van der Waals surface area contributed by atoms with Crippen LogP contribution >= 0.6 is 0 Å². The third kappa shape index (κ3) is 6.50. The molecular formula is C26H39N5O5S. The van der Waals surface area contributed by atoms with Crippen molar-refractivity contribution in [2.24, 2.45) is 16.8 Å². The van der Waals surface area contributed by atoms with Crippen molar-refractivity contribution < 1.29 is 23.1 Å². The molecule has 1 aliphatic carbocycles. The van der Waals surface area contributed by atoms with Crippen LogP contribution < -0.4 is 10.2 Å². The fourth-order valence-electron chi connectivity index (χ4n) is 5.09. The number of para-hydroxylation sites is 1. The predicted octanol–water partition coefficient (Wildman–Crippen LogP) is 1.40. The Morgan fingerprint density at radius 2 is 1.86 bits per heavy atom. The first kappa shape index (κ1) is 27.5. The van der Waals surface area contributed by atoms with Crippen LogP contribution in [0.15, 0.2) is 29.3 Å². The van der Waals surface area contributed by atoms with Crippen LogP contribution in [0, 0.1) is 11.8 Å². The number of benzodiazepines with no additional fused rings is 1. The number of aliphatic imine (C=N–C) groups is 1. The topological polar surface area (TPSA) is 123 Å². The number of sulfonamides is 1. The number of carbonyl (C=O) groups excluding carboxylic acids is 2. The number of nitrogens with zero attached hydrogens (tertiary/aromatic N) is 4. The third-order valence-electron chi connectivity index (χ3n) is 7.55. The van der Waals surface area contributed by atoms with E-state index in [0.29, 0.717) is 56.5 Å². The number of piperazine rings is 1. The van der Waals surface area contributed by atoms with Crippen LogP contribution in [0.25, 0.3) is 0 Å². The largest absolute Gasteiger partial charge is 0.392 e. The summed E-state index contributed by atoms with van der Waals surface area (Å²) in [5.41, 5.74) is 1.42. The molecule has 2 N–H and O–H groups in total. The van der Waals surface area contributed by atoms with Crippen molar-refractivity contribution in [1.29, 1.82) is 0 Å². The molecule has 3 atom stereocenters. The minimum absolute atomic E-state index is 0.313. The van der Waals surface area contributed by atoms with E-state index in [9.17, 15) is 23.1 Å². The van der Waals surface area contributed by atoms with Crippen molar-refractivity contribution in [2.75, 3.05) is 44.4 Å². The fraction of sp³-hybridized carbons (Fsp3) is 0.654. The van der Waals surface area contributed by atoms with Crippen molar-refractivity contribution in [3.8, 4) is 0 Å². The van der Waals surface area contributed by atoms with Gasteiger partial charge in [-0.05, 0) is 30.9 Å². The average Bonchev–Trinajstić information content (AvgIpc) is 3.71. The Balaban J connectivity index is 1.61. The van der Waals surface area contributed by atoms with E-state index in [-0.39, 0.29) is 11.8 Å². The number of nitrogens with one attached hydrogen (secondary N) is 1. The van der Waals surface area contributed by atoms with E-state index in [1.165, 1.54) is 15.5 Å². The summed E-state index contributed by atoms with van der Waals surface area (Å²) in [6.07, 6.45) is 4.34. The lowest BCUT2D eigenvalue weighted by atomic mass is 9.91. The van der Waals surface area contributed by atoms with Gasteiger partial charge >= 0.3 is 0 Å². The second-order valence-corrected chi connectivity index (χ2v) is 12.4. The van der Waals surface area contributed by atoms with Gasteiger partial charge in [0, 0.05) is 38.8 Å². The summed E-state index contributed by atoms with van der Waals surface area (Å²) in [5.74, 6) is -0.303. The molecular weight excluding hydrogens is 494 g/mol. The van der Waals surface area contributed by atoms with Gasteiger partial charge in [-0.25, -0.2) is 13.4 Å². The Morgan fingerprint density at radius 1 is 1.19 bits per heavy atom. The lowest BCUT2D eigenvalue weighted by molar-refractivity contribution is -0.133. The van der Waals surface area contributed by atoms with E-state index in [1.54, 1.807) is 7.05 Å². The number of rotatable bonds is 9. The van der Waals surface area contributed by atoms with E-state index < -0.39 is 28.2 Å². The fourth-order valence-corrected chi connectivity index (χ4v) is 5.92. The Bertz CT molecular complexity index is 1130. The SMILES string of the molecule is CCCCC(O)C(CC1CC1)C(=O)N[C@H]1N=C(N2CCN(S(C)(=O)=O)CC2)c2ccccc2N(C)C1=O. The Kier molecular flexibility index (Phi) is 8.55. The molecule has 2 unspecified atom stereocenters. The van der Waals surface area contributed by atoms with Gasteiger partial charge in [-0.15, -0.1) is 0 Å². The molecule has 1 saturated carbocycles. The number of benzene rings is 1. The zero-order valence-electron chi connectivity index (χ0n) is 22.0. The third-order valence-corrected chi connectivity index (χ3v) is 8.85. The Labute approximate surface area is 219 Å². The molecule has 2 fully saturated rings. The molecule has 37 heavy (non-hydrogen) atoms. The molecule has 0 aromatic heterocycles. The highest BCUT2D eigenvalue weighted by Crippen LogP contribution is 2.37. The van der Waals surface area contributed by atoms with Gasteiger partial charge in [-0.3, -0.25) is 9.59 Å². The summed E-state index contributed by atoms with van der Waals surface area (Å²) in [6, 6.07) is 7.43. The maximum Gasteiger partial charge on any atom is 0.272 e. The van der Waals surface area contributed by atoms with Crippen LogP contribution in [0.2, 0.25) is 0 Å². The highest BCUT2D eigenvalue weighted by molar-refractivity contribution is 7.88. The molecule has 0 bridgehead atoms. The number of hydrogen-bond acceptors (Lipinski definition) is 7. The van der Waals surface area contributed by atoms with E-state index in [4.69, 9.17) is 4.99 Å². The van der Waals surface area contributed by atoms with Gasteiger partial charge < -0.3 is 20.2 Å². The first-order chi connectivity index (χ1) is 17.6. The zero-order valence-corrected chi connectivity index (χ0v) is 22.8. The average molecular weight is 534 g/mol. The van der Waals surface area contributed by atoms with E-state index in [1.807, 2.05) is 36.1 Å². The molecule has 1 aromatic carbocycles. The lowest BCUT2D eigenvalue weighted by Crippen LogP contribution is -2.52. The van der Waals surface area contributed by atoms with Gasteiger partial charge in [0.15, 0.2) is 0 Å². The van der Waals surface area contributed by atoms with Gasteiger partial charge in [-0.2, -0.15) is 4.31 Å². The molecule has 2 amide bonds. The van der Waals surface area contributed by atoms with Gasteiger partial charge in [0.25, 0.3) is 5.91 Å². The van der Waals surface area contributed by atoms with Crippen molar-refractivity contribution in [2.45, 2.75) is 57.7 Å². The van der Waals surface area contributed by atoms with Crippen molar-refractivity contribution in [3.05, 3.63) is 29.8 Å². The van der Waals surface area contributed by atoms with E-state index in [0.717, 1.165) is 31.2 Å². The van der Waals surface area contributed by atoms with Crippen LogP contribution in [0.1, 0.15) is 51.0 Å². The van der Waals surface area contributed by atoms with Crippen LogP contribution in [0.3, 0.4) is 0 Å². The zero-order chi connectivity index (χ0) is 26.7. The smallest absolute Gasteiger partial charge is 0.272 e. The molecule has 0 radical (unpaired) electrons. The number of anilines is 1. The second-order valence-electron chi connectivity index (χ2n) is 10.4. The monoisotopic (exact) mass is 533 g/mol. The first-order valence-corrected chi connectivity index (χ1v) is 15.1. The number of hydrogen-bond donors (Lipinski definition) is 2. The lowest BCUT2D eigenvalue weighted by Gasteiger charge is -2.35. The highest BCUT2D eigenvalue weighted by Gasteiger charge is 2.38. The molecule has 10 nitrogen and oxygen atoms in total. The normalized spacial score (nSPS) is 22.6. The van der Waals surface area contributed by atoms with Crippen LogP contribution in [0.4, 0.5) is 5.69 Å². The molecule has 4 rings (SSSR count). The number of aliphatic hydroxyl groups is 1. The number of unbranched alkanes of at least 4 members (excludes halogenated alkanes) is 1. The summed E-state index contributed by atoms with van der Waals surface area (Å²) >= 11 is 0. The van der Waals surface area contributed by atoms with Crippen molar-refractivity contribution in [1.82, 2.24) is 14.5 Å². The number of carbonyl (C=O) groups is 2. The molecule has 0 spiro atoms. The summed E-state index contributed by atoms with van der Waals surface area (Å²) in [4.78, 5) is 35.2. The number of fused-ring (bicyclic) bond motifs is 1. The molecule has 2 heterocycles. The maximum atomic E-state index is 13.5. The number of amides is 2. The van der Waals surface area contributed by atoms with Crippen LogP contribution in [0.5, 0.6) is 0 Å².